The van der Waals surface area contributed by atoms with Crippen LogP contribution in [0.2, 0.25) is 0 Å². The zero-order valence-electron chi connectivity index (χ0n) is 16.2. The number of carbonyl (C=O) groups is 2. The number of aryl methyl sites for hydroxylation is 3. The number of hydrogen-bond donors (Lipinski definition) is 1. The summed E-state index contributed by atoms with van der Waals surface area (Å²) in [6.07, 6.45) is 0. The Morgan fingerprint density at radius 3 is 2.50 bits per heavy atom. The standard InChI is InChI=1S/C20H21N3O4S/c1-5-27-20(26)18-17-16(12(3)28-18)19(25)23(13(4)21-17)10-15(24)22-14-8-6-11(2)7-9-14/h6-9H,5,10H2,1-4H3,(H,22,24). The van der Waals surface area contributed by atoms with E-state index in [1.54, 1.807) is 32.9 Å². The molecule has 2 aromatic heterocycles. The van der Waals surface area contributed by atoms with Crippen LogP contribution >= 0.6 is 11.3 Å². The molecular weight excluding hydrogens is 378 g/mol. The van der Waals surface area contributed by atoms with Gasteiger partial charge in [0.2, 0.25) is 5.91 Å². The minimum Gasteiger partial charge on any atom is -0.462 e. The van der Waals surface area contributed by atoms with E-state index >= 15 is 0 Å². The molecule has 0 fully saturated rings. The maximum Gasteiger partial charge on any atom is 0.350 e. The van der Waals surface area contributed by atoms with E-state index in [0.717, 1.165) is 5.56 Å². The van der Waals surface area contributed by atoms with E-state index in [4.69, 9.17) is 4.74 Å². The van der Waals surface area contributed by atoms with Crippen LogP contribution in [0.5, 0.6) is 0 Å². The average Bonchev–Trinajstić information content (AvgIpc) is 2.97. The molecule has 0 aliphatic heterocycles. The summed E-state index contributed by atoms with van der Waals surface area (Å²) in [7, 11) is 0. The molecule has 8 heteroatoms. The van der Waals surface area contributed by atoms with E-state index in [1.165, 1.54) is 15.9 Å². The van der Waals surface area contributed by atoms with E-state index in [9.17, 15) is 14.4 Å². The number of benzene rings is 1. The molecule has 146 valence electrons. The Morgan fingerprint density at radius 2 is 1.86 bits per heavy atom. The minimum atomic E-state index is -0.494. The van der Waals surface area contributed by atoms with Gasteiger partial charge in [0, 0.05) is 10.6 Å². The normalized spacial score (nSPS) is 10.9. The molecule has 0 aliphatic carbocycles. The lowest BCUT2D eigenvalue weighted by Gasteiger charge is -2.11. The first-order valence-electron chi connectivity index (χ1n) is 8.86. The molecule has 28 heavy (non-hydrogen) atoms. The Kier molecular flexibility index (Phi) is 5.60. The Balaban J connectivity index is 1.95. The monoisotopic (exact) mass is 399 g/mol. The highest BCUT2D eigenvalue weighted by atomic mass is 32.1. The Bertz CT molecular complexity index is 1110. The molecule has 0 aliphatic rings. The first-order valence-corrected chi connectivity index (χ1v) is 9.67. The lowest BCUT2D eigenvalue weighted by Crippen LogP contribution is -2.30. The van der Waals surface area contributed by atoms with Crippen molar-refractivity contribution < 1.29 is 14.3 Å². The lowest BCUT2D eigenvalue weighted by molar-refractivity contribution is -0.116. The molecule has 0 unspecified atom stereocenters. The van der Waals surface area contributed by atoms with Crippen molar-refractivity contribution in [2.45, 2.75) is 34.2 Å². The van der Waals surface area contributed by atoms with Gasteiger partial charge in [-0.25, -0.2) is 9.78 Å². The van der Waals surface area contributed by atoms with E-state index < -0.39 is 5.97 Å². The second-order valence-corrected chi connectivity index (χ2v) is 7.62. The van der Waals surface area contributed by atoms with Gasteiger partial charge >= 0.3 is 5.97 Å². The number of anilines is 1. The molecule has 3 rings (SSSR count). The minimum absolute atomic E-state index is 0.161. The van der Waals surface area contributed by atoms with Crippen molar-refractivity contribution in [1.29, 1.82) is 0 Å². The molecule has 0 bridgehead atoms. The van der Waals surface area contributed by atoms with E-state index in [1.807, 2.05) is 19.1 Å². The molecule has 3 aromatic rings. The lowest BCUT2D eigenvalue weighted by atomic mass is 10.2. The van der Waals surface area contributed by atoms with Gasteiger partial charge in [-0.1, -0.05) is 17.7 Å². The highest BCUT2D eigenvalue weighted by Gasteiger charge is 2.22. The van der Waals surface area contributed by atoms with Crippen molar-refractivity contribution in [3.8, 4) is 0 Å². The fourth-order valence-electron chi connectivity index (χ4n) is 2.90. The summed E-state index contributed by atoms with van der Waals surface area (Å²) >= 11 is 1.18. The van der Waals surface area contributed by atoms with Crippen LogP contribution in [-0.2, 0) is 16.1 Å². The van der Waals surface area contributed by atoms with Crippen LogP contribution in [0.15, 0.2) is 29.1 Å². The van der Waals surface area contributed by atoms with Crippen LogP contribution in [-0.4, -0.2) is 28.0 Å². The molecular formula is C20H21N3O4S. The second kappa shape index (κ2) is 7.93. The van der Waals surface area contributed by atoms with E-state index in [2.05, 4.69) is 10.3 Å². The highest BCUT2D eigenvalue weighted by Crippen LogP contribution is 2.28. The SMILES string of the molecule is CCOC(=O)c1sc(C)c2c(=O)n(CC(=O)Nc3ccc(C)cc3)c(C)nc12. The fraction of sp³-hybridized carbons (Fsp3) is 0.300. The summed E-state index contributed by atoms with van der Waals surface area (Å²) in [5, 5.41) is 3.13. The number of rotatable bonds is 5. The van der Waals surface area contributed by atoms with Gasteiger partial charge in [-0.15, -0.1) is 11.3 Å². The van der Waals surface area contributed by atoms with Gasteiger partial charge in [-0.3, -0.25) is 14.2 Å². The molecule has 0 radical (unpaired) electrons. The third-order valence-electron chi connectivity index (χ3n) is 4.28. The van der Waals surface area contributed by atoms with Crippen molar-refractivity contribution in [1.82, 2.24) is 9.55 Å². The van der Waals surface area contributed by atoms with Gasteiger partial charge < -0.3 is 10.1 Å². The van der Waals surface area contributed by atoms with Crippen LogP contribution < -0.4 is 10.9 Å². The largest absolute Gasteiger partial charge is 0.462 e. The van der Waals surface area contributed by atoms with Crippen LogP contribution in [0.25, 0.3) is 10.9 Å². The first kappa shape index (κ1) is 19.8. The van der Waals surface area contributed by atoms with Crippen LogP contribution in [0.3, 0.4) is 0 Å². The van der Waals surface area contributed by atoms with Gasteiger partial charge in [0.15, 0.2) is 0 Å². The number of amides is 1. The summed E-state index contributed by atoms with van der Waals surface area (Å²) in [6, 6.07) is 7.40. The maximum absolute atomic E-state index is 13.0. The summed E-state index contributed by atoms with van der Waals surface area (Å²) in [4.78, 5) is 43.0. The summed E-state index contributed by atoms with van der Waals surface area (Å²) < 4.78 is 6.38. The average molecular weight is 399 g/mol. The maximum atomic E-state index is 13.0. The molecule has 0 saturated heterocycles. The number of nitrogens with one attached hydrogen (secondary N) is 1. The summed E-state index contributed by atoms with van der Waals surface area (Å²) in [6.45, 7) is 7.16. The molecule has 0 saturated carbocycles. The third kappa shape index (κ3) is 3.82. The number of aromatic nitrogens is 2. The predicted octanol–water partition coefficient (Wildman–Crippen LogP) is 3.20. The molecule has 2 heterocycles. The third-order valence-corrected chi connectivity index (χ3v) is 5.35. The molecule has 0 spiro atoms. The molecule has 1 amide bonds. The molecule has 1 N–H and O–H groups in total. The van der Waals surface area contributed by atoms with Gasteiger partial charge in [0.25, 0.3) is 5.56 Å². The second-order valence-electron chi connectivity index (χ2n) is 6.40. The molecule has 7 nitrogen and oxygen atoms in total. The van der Waals surface area contributed by atoms with Crippen LogP contribution in [0.4, 0.5) is 5.69 Å². The number of ether oxygens (including phenoxy) is 1. The Labute approximate surface area is 166 Å². The van der Waals surface area contributed by atoms with E-state index in [-0.39, 0.29) is 24.6 Å². The van der Waals surface area contributed by atoms with Gasteiger partial charge in [0.05, 0.1) is 12.0 Å². The topological polar surface area (TPSA) is 90.3 Å². The van der Waals surface area contributed by atoms with Crippen LogP contribution in [0.1, 0.15) is 32.9 Å². The number of nitrogens with zero attached hydrogens (tertiary/aromatic N) is 2. The first-order chi connectivity index (χ1) is 13.3. The fourth-order valence-corrected chi connectivity index (χ4v) is 3.88. The number of hydrogen-bond acceptors (Lipinski definition) is 6. The Morgan fingerprint density at radius 1 is 1.18 bits per heavy atom. The van der Waals surface area contributed by atoms with Crippen molar-refractivity contribution in [2.24, 2.45) is 0 Å². The zero-order valence-corrected chi connectivity index (χ0v) is 17.0. The number of esters is 1. The van der Waals surface area contributed by atoms with Crippen molar-refractivity contribution >= 4 is 39.8 Å². The van der Waals surface area contributed by atoms with Gasteiger partial charge in [-0.05, 0) is 39.8 Å². The zero-order chi connectivity index (χ0) is 20.4. The molecule has 0 atom stereocenters. The van der Waals surface area contributed by atoms with Gasteiger partial charge in [-0.2, -0.15) is 0 Å². The van der Waals surface area contributed by atoms with Crippen molar-refractivity contribution in [3.63, 3.8) is 0 Å². The predicted molar refractivity (Wildman–Crippen MR) is 109 cm³/mol. The summed E-state index contributed by atoms with van der Waals surface area (Å²) in [5.41, 5.74) is 1.74. The van der Waals surface area contributed by atoms with Crippen molar-refractivity contribution in [2.75, 3.05) is 11.9 Å². The number of thiophene rings is 1. The number of carbonyl (C=O) groups excluding carboxylic acids is 2. The van der Waals surface area contributed by atoms with Gasteiger partial charge in [0.1, 0.15) is 22.8 Å². The van der Waals surface area contributed by atoms with Crippen LogP contribution in [0, 0.1) is 20.8 Å². The van der Waals surface area contributed by atoms with E-state index in [0.29, 0.717) is 32.2 Å². The smallest absolute Gasteiger partial charge is 0.350 e. The number of fused-ring (bicyclic) bond motifs is 1. The molecule has 1 aromatic carbocycles. The highest BCUT2D eigenvalue weighted by molar-refractivity contribution is 7.15. The quantitative estimate of drug-likeness (QED) is 0.666. The Hall–Kier alpha value is -3.00. The van der Waals surface area contributed by atoms with Crippen molar-refractivity contribution in [3.05, 3.63) is 55.8 Å². The summed E-state index contributed by atoms with van der Waals surface area (Å²) in [5.74, 6) is -0.458.